The van der Waals surface area contributed by atoms with E-state index < -0.39 is 0 Å². The molecule has 4 rings (SSSR count). The molecule has 142 valence electrons. The Kier molecular flexibility index (Phi) is 5.41. The van der Waals surface area contributed by atoms with Gasteiger partial charge in [0.05, 0.1) is 23.9 Å². The molecule has 6 heteroatoms. The van der Waals surface area contributed by atoms with E-state index in [-0.39, 0.29) is 6.10 Å². The molecule has 3 heterocycles. The van der Waals surface area contributed by atoms with Gasteiger partial charge in [0, 0.05) is 51.0 Å². The summed E-state index contributed by atoms with van der Waals surface area (Å²) in [4.78, 5) is 4.23. The van der Waals surface area contributed by atoms with Crippen LogP contribution in [0.2, 0.25) is 0 Å². The van der Waals surface area contributed by atoms with Crippen LogP contribution in [0.5, 0.6) is 0 Å². The molecule has 1 aliphatic heterocycles. The summed E-state index contributed by atoms with van der Waals surface area (Å²) < 4.78 is 10.0. The normalized spacial score (nSPS) is 24.8. The van der Waals surface area contributed by atoms with E-state index in [1.54, 1.807) is 0 Å². The second kappa shape index (κ2) is 7.92. The summed E-state index contributed by atoms with van der Waals surface area (Å²) in [6.45, 7) is 1.71. The standard InChI is InChI=1S/C20H31N5O/c1-24-14-21-12-18(24)19-10-17(8-9-26-19)22-11-16-13-25(2)23-20(16)15-6-4-3-5-7-15/h12-15,17,19,22H,3-11H2,1-2H3/t17-,19+/m1/s1. The number of rotatable bonds is 5. The fourth-order valence-corrected chi connectivity index (χ4v) is 4.53. The highest BCUT2D eigenvalue weighted by molar-refractivity contribution is 5.22. The van der Waals surface area contributed by atoms with Gasteiger partial charge in [-0.05, 0) is 25.7 Å². The fourth-order valence-electron chi connectivity index (χ4n) is 4.53. The van der Waals surface area contributed by atoms with Gasteiger partial charge in [0.25, 0.3) is 0 Å². The maximum atomic E-state index is 5.99. The van der Waals surface area contributed by atoms with Crippen molar-refractivity contribution < 1.29 is 4.74 Å². The summed E-state index contributed by atoms with van der Waals surface area (Å²) in [7, 11) is 4.08. The third-order valence-corrected chi connectivity index (χ3v) is 5.98. The minimum atomic E-state index is 0.139. The highest BCUT2D eigenvalue weighted by atomic mass is 16.5. The molecule has 1 saturated heterocycles. The van der Waals surface area contributed by atoms with E-state index >= 15 is 0 Å². The highest BCUT2D eigenvalue weighted by Crippen LogP contribution is 2.34. The van der Waals surface area contributed by atoms with Crippen LogP contribution in [0.3, 0.4) is 0 Å². The lowest BCUT2D eigenvalue weighted by molar-refractivity contribution is -0.00405. The molecule has 2 aromatic heterocycles. The molecule has 1 aliphatic carbocycles. The average molecular weight is 358 g/mol. The quantitative estimate of drug-likeness (QED) is 0.893. The van der Waals surface area contributed by atoms with Crippen molar-refractivity contribution in [3.8, 4) is 0 Å². The van der Waals surface area contributed by atoms with Crippen LogP contribution in [0.15, 0.2) is 18.7 Å². The van der Waals surface area contributed by atoms with Crippen molar-refractivity contribution in [1.82, 2.24) is 24.6 Å². The Morgan fingerprint density at radius 1 is 1.19 bits per heavy atom. The van der Waals surface area contributed by atoms with Crippen molar-refractivity contribution in [2.45, 2.75) is 69.6 Å². The lowest BCUT2D eigenvalue weighted by atomic mass is 9.85. The van der Waals surface area contributed by atoms with Crippen molar-refractivity contribution in [2.75, 3.05) is 6.61 Å². The summed E-state index contributed by atoms with van der Waals surface area (Å²) in [5.74, 6) is 0.652. The smallest absolute Gasteiger partial charge is 0.100 e. The number of aryl methyl sites for hydroxylation is 2. The van der Waals surface area contributed by atoms with Crippen LogP contribution in [-0.2, 0) is 25.4 Å². The Labute approximate surface area is 155 Å². The van der Waals surface area contributed by atoms with Gasteiger partial charge in [0.15, 0.2) is 0 Å². The predicted molar refractivity (Wildman–Crippen MR) is 101 cm³/mol. The van der Waals surface area contributed by atoms with Gasteiger partial charge in [-0.1, -0.05) is 19.3 Å². The molecule has 1 saturated carbocycles. The molecule has 0 radical (unpaired) electrons. The number of nitrogens with one attached hydrogen (secondary N) is 1. The summed E-state index contributed by atoms with van der Waals surface area (Å²) in [5.41, 5.74) is 3.87. The van der Waals surface area contributed by atoms with E-state index in [0.717, 1.165) is 26.0 Å². The van der Waals surface area contributed by atoms with Gasteiger partial charge in [-0.2, -0.15) is 5.10 Å². The molecular formula is C20H31N5O. The van der Waals surface area contributed by atoms with Crippen molar-refractivity contribution in [3.05, 3.63) is 35.7 Å². The second-order valence-corrected chi connectivity index (χ2v) is 7.94. The van der Waals surface area contributed by atoms with Crippen LogP contribution < -0.4 is 5.32 Å². The molecule has 0 bridgehead atoms. The van der Waals surface area contributed by atoms with Crippen LogP contribution >= 0.6 is 0 Å². The number of nitrogens with zero attached hydrogens (tertiary/aromatic N) is 4. The summed E-state index contributed by atoms with van der Waals surface area (Å²) in [6, 6.07) is 0.475. The van der Waals surface area contributed by atoms with Crippen LogP contribution in [0.4, 0.5) is 0 Å². The van der Waals surface area contributed by atoms with E-state index in [1.807, 2.05) is 31.3 Å². The van der Waals surface area contributed by atoms with Gasteiger partial charge in [0.1, 0.15) is 6.10 Å². The summed E-state index contributed by atoms with van der Waals surface area (Å²) in [6.07, 6.45) is 14.8. The molecule has 6 nitrogen and oxygen atoms in total. The highest BCUT2D eigenvalue weighted by Gasteiger charge is 2.27. The first-order valence-electron chi connectivity index (χ1n) is 10.0. The van der Waals surface area contributed by atoms with E-state index in [1.165, 1.54) is 49.1 Å². The van der Waals surface area contributed by atoms with Crippen molar-refractivity contribution in [3.63, 3.8) is 0 Å². The van der Waals surface area contributed by atoms with Crippen molar-refractivity contribution in [1.29, 1.82) is 0 Å². The molecular weight excluding hydrogens is 326 g/mol. The van der Waals surface area contributed by atoms with Crippen LogP contribution in [0.1, 0.15) is 73.9 Å². The Morgan fingerprint density at radius 3 is 2.81 bits per heavy atom. The van der Waals surface area contributed by atoms with Crippen LogP contribution in [-0.4, -0.2) is 32.0 Å². The van der Waals surface area contributed by atoms with E-state index in [9.17, 15) is 0 Å². The van der Waals surface area contributed by atoms with Crippen molar-refractivity contribution in [2.24, 2.45) is 14.1 Å². The van der Waals surface area contributed by atoms with Gasteiger partial charge in [-0.15, -0.1) is 0 Å². The summed E-state index contributed by atoms with van der Waals surface area (Å²) in [5, 5.41) is 8.58. The van der Waals surface area contributed by atoms with Gasteiger partial charge in [0.2, 0.25) is 0 Å². The number of aromatic nitrogens is 4. The largest absolute Gasteiger partial charge is 0.372 e. The zero-order chi connectivity index (χ0) is 17.9. The third kappa shape index (κ3) is 3.86. The SMILES string of the molecule is Cn1cc(CN[C@@H]2CCO[C@H](c3cncn3C)C2)c(C2CCCCC2)n1. The van der Waals surface area contributed by atoms with Gasteiger partial charge >= 0.3 is 0 Å². The lowest BCUT2D eigenvalue weighted by Crippen LogP contribution is -2.36. The molecule has 2 aromatic rings. The predicted octanol–water partition coefficient (Wildman–Crippen LogP) is 3.21. The Balaban J connectivity index is 1.39. The molecule has 0 amide bonds. The van der Waals surface area contributed by atoms with Crippen LogP contribution in [0, 0.1) is 0 Å². The maximum absolute atomic E-state index is 5.99. The molecule has 0 unspecified atom stereocenters. The Bertz CT molecular complexity index is 716. The average Bonchev–Trinajstić information content (AvgIpc) is 3.26. The zero-order valence-corrected chi connectivity index (χ0v) is 16.0. The molecule has 0 spiro atoms. The van der Waals surface area contributed by atoms with Gasteiger partial charge in [-0.3, -0.25) is 4.68 Å². The number of ether oxygens (including phenoxy) is 1. The zero-order valence-electron chi connectivity index (χ0n) is 16.0. The van der Waals surface area contributed by atoms with Gasteiger partial charge in [-0.25, -0.2) is 4.98 Å². The topological polar surface area (TPSA) is 56.9 Å². The van der Waals surface area contributed by atoms with E-state index in [2.05, 4.69) is 21.1 Å². The lowest BCUT2D eigenvalue weighted by Gasteiger charge is -2.30. The minimum Gasteiger partial charge on any atom is -0.372 e. The summed E-state index contributed by atoms with van der Waals surface area (Å²) >= 11 is 0. The first-order chi connectivity index (χ1) is 12.7. The number of imidazole rings is 1. The second-order valence-electron chi connectivity index (χ2n) is 7.94. The van der Waals surface area contributed by atoms with Gasteiger partial charge < -0.3 is 14.6 Å². The Morgan fingerprint density at radius 2 is 2.04 bits per heavy atom. The van der Waals surface area contributed by atoms with Crippen LogP contribution in [0.25, 0.3) is 0 Å². The first kappa shape index (κ1) is 17.7. The van der Waals surface area contributed by atoms with Crippen molar-refractivity contribution >= 4 is 0 Å². The molecule has 2 fully saturated rings. The number of hydrogen-bond donors (Lipinski definition) is 1. The molecule has 1 N–H and O–H groups in total. The molecule has 2 aliphatic rings. The van der Waals surface area contributed by atoms with E-state index in [0.29, 0.717) is 12.0 Å². The minimum absolute atomic E-state index is 0.139. The first-order valence-corrected chi connectivity index (χ1v) is 10.0. The maximum Gasteiger partial charge on any atom is 0.100 e. The molecule has 2 atom stereocenters. The monoisotopic (exact) mass is 357 g/mol. The molecule has 26 heavy (non-hydrogen) atoms. The third-order valence-electron chi connectivity index (χ3n) is 5.98. The molecule has 0 aromatic carbocycles. The fraction of sp³-hybridized carbons (Fsp3) is 0.700. The van der Waals surface area contributed by atoms with E-state index in [4.69, 9.17) is 9.84 Å². The Hall–Kier alpha value is -1.66. The number of hydrogen-bond acceptors (Lipinski definition) is 4.